The van der Waals surface area contributed by atoms with Crippen LogP contribution in [-0.4, -0.2) is 21.1 Å². The molecule has 0 radical (unpaired) electrons. The van der Waals surface area contributed by atoms with Crippen molar-refractivity contribution in [3.8, 4) is 0 Å². The van der Waals surface area contributed by atoms with Crippen LogP contribution in [0.2, 0.25) is 0 Å². The zero-order valence-corrected chi connectivity index (χ0v) is 8.44. The molecule has 0 saturated carbocycles. The minimum absolute atomic E-state index is 0.0366. The number of hydrogen-bond donors (Lipinski definition) is 1. The highest BCUT2D eigenvalue weighted by Crippen LogP contribution is 2.42. The normalized spacial score (nSPS) is 13.3. The van der Waals surface area contributed by atoms with Gasteiger partial charge in [-0.1, -0.05) is 0 Å². The van der Waals surface area contributed by atoms with E-state index in [-0.39, 0.29) is 11.2 Å². The van der Waals surface area contributed by atoms with Crippen molar-refractivity contribution >= 4 is 11.2 Å². The number of pyridine rings is 1. The van der Waals surface area contributed by atoms with E-state index in [1.165, 1.54) is 12.1 Å². The number of nitrogens with one attached hydrogen (secondary N) is 1. The zero-order chi connectivity index (χ0) is 12.8. The van der Waals surface area contributed by atoms with Crippen molar-refractivity contribution in [1.29, 1.82) is 0 Å². The predicted octanol–water partition coefficient (Wildman–Crippen LogP) is 2.92. The maximum atomic E-state index is 13.0. The van der Waals surface area contributed by atoms with Gasteiger partial charge in [-0.2, -0.15) is 22.0 Å². The summed E-state index contributed by atoms with van der Waals surface area (Å²) in [6.07, 6.45) is -5.68. The van der Waals surface area contributed by atoms with Gasteiger partial charge in [0.25, 0.3) is 0 Å². The minimum Gasteiger partial charge on any atom is -0.335 e. The van der Waals surface area contributed by atoms with E-state index in [0.717, 1.165) is 0 Å². The van der Waals surface area contributed by atoms with Gasteiger partial charge in [0.2, 0.25) is 0 Å². The van der Waals surface area contributed by atoms with Gasteiger partial charge in [-0.25, -0.2) is 9.97 Å². The molecule has 0 fully saturated rings. The Morgan fingerprint density at radius 1 is 1.06 bits per heavy atom. The first-order chi connectivity index (χ1) is 7.72. The van der Waals surface area contributed by atoms with Gasteiger partial charge in [0, 0.05) is 5.69 Å². The molecule has 0 aromatic carbocycles. The van der Waals surface area contributed by atoms with Gasteiger partial charge in [0.05, 0.1) is 5.52 Å². The molecular weight excluding hydrogens is 245 g/mol. The van der Waals surface area contributed by atoms with Gasteiger partial charge in [0.1, 0.15) is 0 Å². The van der Waals surface area contributed by atoms with Crippen molar-refractivity contribution in [2.45, 2.75) is 19.0 Å². The van der Waals surface area contributed by atoms with Crippen molar-refractivity contribution in [3.63, 3.8) is 0 Å². The third-order valence-corrected chi connectivity index (χ3v) is 2.14. The van der Waals surface area contributed by atoms with Crippen molar-refractivity contribution < 1.29 is 22.0 Å². The van der Waals surface area contributed by atoms with E-state index in [1.54, 1.807) is 6.92 Å². The molecule has 0 unspecified atom stereocenters. The molecule has 1 N–H and O–H groups in total. The smallest absolute Gasteiger partial charge is 0.335 e. The van der Waals surface area contributed by atoms with Crippen LogP contribution in [-0.2, 0) is 5.92 Å². The monoisotopic (exact) mass is 251 g/mol. The molecule has 8 heteroatoms. The first-order valence-electron chi connectivity index (χ1n) is 4.50. The first kappa shape index (κ1) is 11.7. The molecule has 0 saturated heterocycles. The molecule has 0 aliphatic carbocycles. The van der Waals surface area contributed by atoms with E-state index in [9.17, 15) is 22.0 Å². The van der Waals surface area contributed by atoms with Crippen LogP contribution >= 0.6 is 0 Å². The van der Waals surface area contributed by atoms with Crippen LogP contribution in [0.3, 0.4) is 0 Å². The molecule has 2 aromatic heterocycles. The van der Waals surface area contributed by atoms with E-state index in [1.807, 2.05) is 4.98 Å². The topological polar surface area (TPSA) is 41.6 Å². The van der Waals surface area contributed by atoms with E-state index < -0.39 is 17.9 Å². The highest BCUT2D eigenvalue weighted by molar-refractivity contribution is 5.70. The molecule has 0 amide bonds. The van der Waals surface area contributed by atoms with Crippen molar-refractivity contribution in [2.75, 3.05) is 0 Å². The lowest BCUT2D eigenvalue weighted by Crippen LogP contribution is -2.34. The number of nitrogens with zero attached hydrogens (tertiary/aromatic N) is 2. The maximum Gasteiger partial charge on any atom is 0.461 e. The highest BCUT2D eigenvalue weighted by Gasteiger charge is 2.61. The molecule has 0 spiro atoms. The summed E-state index contributed by atoms with van der Waals surface area (Å²) in [5, 5.41) is 0. The fourth-order valence-electron chi connectivity index (χ4n) is 1.27. The third kappa shape index (κ3) is 1.83. The number of H-pyrrole nitrogens is 1. The molecule has 17 heavy (non-hydrogen) atoms. The summed E-state index contributed by atoms with van der Waals surface area (Å²) in [6, 6.07) is 2.83. The molecule has 0 bridgehead atoms. The Kier molecular flexibility index (Phi) is 2.33. The van der Waals surface area contributed by atoms with E-state index >= 15 is 0 Å². The number of imidazole rings is 1. The Morgan fingerprint density at radius 2 is 1.71 bits per heavy atom. The second kappa shape index (κ2) is 3.38. The number of aromatic nitrogens is 3. The summed E-state index contributed by atoms with van der Waals surface area (Å²) < 4.78 is 62.2. The van der Waals surface area contributed by atoms with E-state index in [2.05, 4.69) is 9.97 Å². The van der Waals surface area contributed by atoms with E-state index in [4.69, 9.17) is 0 Å². The number of alkyl halides is 5. The SMILES string of the molecule is Cc1ccc2[nH]c(C(F)(F)C(F)(F)F)nc2n1. The average molecular weight is 251 g/mol. The summed E-state index contributed by atoms with van der Waals surface area (Å²) in [4.78, 5) is 8.85. The number of rotatable bonds is 1. The third-order valence-electron chi connectivity index (χ3n) is 2.14. The Balaban J connectivity index is 2.57. The van der Waals surface area contributed by atoms with Crippen LogP contribution in [0.4, 0.5) is 22.0 Å². The van der Waals surface area contributed by atoms with Gasteiger partial charge < -0.3 is 4.98 Å². The number of halogens is 5. The fourth-order valence-corrected chi connectivity index (χ4v) is 1.27. The Bertz CT molecular complexity index is 557. The fraction of sp³-hybridized carbons (Fsp3) is 0.333. The maximum absolute atomic E-state index is 13.0. The molecule has 0 aliphatic rings. The number of fused-ring (bicyclic) bond motifs is 1. The van der Waals surface area contributed by atoms with Crippen molar-refractivity contribution in [3.05, 3.63) is 23.7 Å². The summed E-state index contributed by atoms with van der Waals surface area (Å²) in [7, 11) is 0. The molecule has 92 valence electrons. The Morgan fingerprint density at radius 3 is 2.29 bits per heavy atom. The predicted molar refractivity (Wildman–Crippen MR) is 48.6 cm³/mol. The molecule has 0 atom stereocenters. The second-order valence-electron chi connectivity index (χ2n) is 3.48. The van der Waals surface area contributed by atoms with Crippen LogP contribution in [0, 0.1) is 6.92 Å². The number of aromatic amines is 1. The summed E-state index contributed by atoms with van der Waals surface area (Å²) in [5.41, 5.74) is 0.351. The molecule has 2 rings (SSSR count). The molecule has 0 aliphatic heterocycles. The Hall–Kier alpha value is -1.73. The van der Waals surface area contributed by atoms with Gasteiger partial charge in [-0.3, -0.25) is 0 Å². The first-order valence-corrected chi connectivity index (χ1v) is 4.50. The lowest BCUT2D eigenvalue weighted by atomic mass is 10.3. The molecule has 2 aromatic rings. The second-order valence-corrected chi connectivity index (χ2v) is 3.48. The number of aryl methyl sites for hydroxylation is 1. The minimum atomic E-state index is -5.68. The summed E-state index contributed by atoms with van der Waals surface area (Å²) in [5.74, 6) is -6.46. The summed E-state index contributed by atoms with van der Waals surface area (Å²) >= 11 is 0. The van der Waals surface area contributed by atoms with Crippen LogP contribution < -0.4 is 0 Å². The average Bonchev–Trinajstić information content (AvgIpc) is 2.58. The lowest BCUT2D eigenvalue weighted by Gasteiger charge is -2.16. The van der Waals surface area contributed by atoms with Crippen LogP contribution in [0.15, 0.2) is 12.1 Å². The molecule has 2 heterocycles. The highest BCUT2D eigenvalue weighted by atomic mass is 19.4. The van der Waals surface area contributed by atoms with Gasteiger partial charge in [-0.15, -0.1) is 0 Å². The van der Waals surface area contributed by atoms with Crippen LogP contribution in [0.1, 0.15) is 11.5 Å². The Labute approximate surface area is 91.7 Å². The van der Waals surface area contributed by atoms with Gasteiger partial charge in [-0.05, 0) is 19.1 Å². The lowest BCUT2D eigenvalue weighted by molar-refractivity contribution is -0.292. The van der Waals surface area contributed by atoms with Crippen LogP contribution in [0.5, 0.6) is 0 Å². The largest absolute Gasteiger partial charge is 0.461 e. The van der Waals surface area contributed by atoms with Gasteiger partial charge >= 0.3 is 12.1 Å². The van der Waals surface area contributed by atoms with Gasteiger partial charge in [0.15, 0.2) is 11.5 Å². The van der Waals surface area contributed by atoms with E-state index in [0.29, 0.717) is 5.69 Å². The number of hydrogen-bond acceptors (Lipinski definition) is 2. The summed E-state index contributed by atoms with van der Waals surface area (Å²) in [6.45, 7) is 1.58. The molecule has 3 nitrogen and oxygen atoms in total. The molecular formula is C9H6F5N3. The standard InChI is InChI=1S/C9H6F5N3/c1-4-2-3-5-6(15-4)17-7(16-5)8(10,11)9(12,13)14/h2-3H,1H3,(H,15,16,17). The quantitative estimate of drug-likeness (QED) is 0.792. The zero-order valence-electron chi connectivity index (χ0n) is 8.44. The van der Waals surface area contributed by atoms with Crippen molar-refractivity contribution in [2.24, 2.45) is 0 Å². The van der Waals surface area contributed by atoms with Crippen molar-refractivity contribution in [1.82, 2.24) is 15.0 Å². The van der Waals surface area contributed by atoms with Crippen LogP contribution in [0.25, 0.3) is 11.2 Å².